The normalized spacial score (nSPS) is 15.0. The van der Waals surface area contributed by atoms with E-state index in [4.69, 9.17) is 11.6 Å². The molecule has 7 nitrogen and oxygen atoms in total. The third kappa shape index (κ3) is 2.80. The van der Waals surface area contributed by atoms with Gasteiger partial charge in [0.25, 0.3) is 0 Å². The third-order valence-electron chi connectivity index (χ3n) is 4.80. The van der Waals surface area contributed by atoms with Crippen molar-refractivity contribution in [1.82, 2.24) is 9.38 Å². The molecule has 0 atom stereocenters. The van der Waals surface area contributed by atoms with Crippen LogP contribution in [0.15, 0.2) is 53.5 Å². The number of nitro groups is 1. The van der Waals surface area contributed by atoms with E-state index in [2.05, 4.69) is 10.3 Å². The van der Waals surface area contributed by atoms with Crippen molar-refractivity contribution in [2.75, 3.05) is 11.9 Å². The molecule has 3 aromatic rings. The van der Waals surface area contributed by atoms with Crippen LogP contribution in [0.5, 0.6) is 0 Å². The number of fused-ring (bicyclic) bond motifs is 1. The average Bonchev–Trinajstić information content (AvgIpc) is 3.41. The Balaban J connectivity index is 1.69. The van der Waals surface area contributed by atoms with Gasteiger partial charge in [0.2, 0.25) is 5.82 Å². The van der Waals surface area contributed by atoms with Gasteiger partial charge in [-0.15, -0.1) is 0 Å². The molecule has 4 rings (SSSR count). The molecule has 0 amide bonds. The monoisotopic (exact) mass is 370 g/mol. The topological polar surface area (TPSA) is 89.5 Å². The van der Waals surface area contributed by atoms with Gasteiger partial charge in [-0.1, -0.05) is 29.8 Å². The van der Waals surface area contributed by atoms with Gasteiger partial charge in [-0.2, -0.15) is 0 Å². The van der Waals surface area contributed by atoms with Crippen molar-refractivity contribution in [2.45, 2.75) is 18.3 Å². The SMILES string of the molecule is O=c1c([N+](=O)[O-])c(NCC2(c3ccc(Cl)cc3)CC2)nc2ccccn12. The number of nitrogens with one attached hydrogen (secondary N) is 1. The molecular formula is C18H15ClN4O3. The zero-order valence-electron chi connectivity index (χ0n) is 13.7. The van der Waals surface area contributed by atoms with E-state index in [1.165, 1.54) is 10.6 Å². The number of anilines is 1. The van der Waals surface area contributed by atoms with E-state index in [0.717, 1.165) is 18.4 Å². The van der Waals surface area contributed by atoms with Crippen LogP contribution in [-0.2, 0) is 5.41 Å². The minimum Gasteiger partial charge on any atom is -0.363 e. The van der Waals surface area contributed by atoms with Gasteiger partial charge < -0.3 is 5.32 Å². The zero-order chi connectivity index (χ0) is 18.3. The fourth-order valence-electron chi connectivity index (χ4n) is 3.14. The first-order chi connectivity index (χ1) is 12.5. The highest BCUT2D eigenvalue weighted by atomic mass is 35.5. The van der Waals surface area contributed by atoms with Crippen molar-refractivity contribution in [1.29, 1.82) is 0 Å². The van der Waals surface area contributed by atoms with Gasteiger partial charge in [-0.25, -0.2) is 4.98 Å². The van der Waals surface area contributed by atoms with Gasteiger partial charge in [0, 0.05) is 23.2 Å². The van der Waals surface area contributed by atoms with E-state index in [-0.39, 0.29) is 11.2 Å². The lowest BCUT2D eigenvalue weighted by molar-refractivity contribution is -0.385. The summed E-state index contributed by atoms with van der Waals surface area (Å²) >= 11 is 5.95. The molecule has 8 heteroatoms. The first-order valence-corrected chi connectivity index (χ1v) is 8.54. The molecule has 132 valence electrons. The van der Waals surface area contributed by atoms with E-state index in [0.29, 0.717) is 17.2 Å². The predicted molar refractivity (Wildman–Crippen MR) is 99.0 cm³/mol. The summed E-state index contributed by atoms with van der Waals surface area (Å²) in [6.07, 6.45) is 3.39. The molecule has 26 heavy (non-hydrogen) atoms. The summed E-state index contributed by atoms with van der Waals surface area (Å²) in [5.41, 5.74) is 0.138. The minimum absolute atomic E-state index is 0.00596. The highest BCUT2D eigenvalue weighted by Gasteiger charge is 2.44. The molecule has 1 saturated carbocycles. The molecule has 1 aliphatic rings. The lowest BCUT2D eigenvalue weighted by atomic mass is 9.96. The van der Waals surface area contributed by atoms with Gasteiger partial charge in [-0.3, -0.25) is 19.3 Å². The molecule has 1 aromatic carbocycles. The van der Waals surface area contributed by atoms with E-state index in [1.807, 2.05) is 24.3 Å². The largest absolute Gasteiger partial charge is 0.376 e. The van der Waals surface area contributed by atoms with Crippen LogP contribution < -0.4 is 10.9 Å². The summed E-state index contributed by atoms with van der Waals surface area (Å²) in [6.45, 7) is 0.463. The second-order valence-corrected chi connectivity index (χ2v) is 6.88. The molecule has 1 aliphatic carbocycles. The Morgan fingerprint density at radius 2 is 1.96 bits per heavy atom. The maximum Gasteiger partial charge on any atom is 0.376 e. The Labute approximate surface area is 153 Å². The van der Waals surface area contributed by atoms with Crippen LogP contribution >= 0.6 is 11.6 Å². The highest BCUT2D eigenvalue weighted by Crippen LogP contribution is 2.48. The molecular weight excluding hydrogens is 356 g/mol. The van der Waals surface area contributed by atoms with E-state index in [9.17, 15) is 14.9 Å². The summed E-state index contributed by atoms with van der Waals surface area (Å²) in [7, 11) is 0. The van der Waals surface area contributed by atoms with Crippen molar-refractivity contribution < 1.29 is 4.92 Å². The minimum atomic E-state index is -0.695. The van der Waals surface area contributed by atoms with Crippen molar-refractivity contribution in [3.63, 3.8) is 0 Å². The Kier molecular flexibility index (Phi) is 3.88. The second kappa shape index (κ2) is 6.10. The number of halogens is 1. The highest BCUT2D eigenvalue weighted by molar-refractivity contribution is 6.30. The van der Waals surface area contributed by atoms with E-state index < -0.39 is 16.2 Å². The summed E-state index contributed by atoms with van der Waals surface area (Å²) in [5.74, 6) is 0.00596. The molecule has 0 aliphatic heterocycles. The smallest absolute Gasteiger partial charge is 0.363 e. The number of nitrogens with zero attached hydrogens (tertiary/aromatic N) is 3. The number of hydrogen-bond donors (Lipinski definition) is 1. The molecule has 1 fully saturated rings. The Bertz CT molecular complexity index is 1060. The molecule has 0 saturated heterocycles. The Morgan fingerprint density at radius 1 is 1.23 bits per heavy atom. The van der Waals surface area contributed by atoms with Crippen molar-refractivity contribution >= 4 is 28.8 Å². The van der Waals surface area contributed by atoms with Crippen molar-refractivity contribution in [3.05, 3.63) is 79.7 Å². The predicted octanol–water partition coefficient (Wildman–Crippen LogP) is 3.40. The van der Waals surface area contributed by atoms with Crippen LogP contribution in [0.25, 0.3) is 5.65 Å². The number of rotatable bonds is 5. The van der Waals surface area contributed by atoms with Crippen molar-refractivity contribution in [3.8, 4) is 0 Å². The fraction of sp³-hybridized carbons (Fsp3) is 0.222. The summed E-state index contributed by atoms with van der Waals surface area (Å²) in [6, 6.07) is 12.6. The van der Waals surface area contributed by atoms with Crippen LogP contribution in [0.3, 0.4) is 0 Å². The van der Waals surface area contributed by atoms with Crippen LogP contribution in [0.1, 0.15) is 18.4 Å². The molecule has 0 spiro atoms. The second-order valence-electron chi connectivity index (χ2n) is 6.44. The van der Waals surface area contributed by atoms with Crippen LogP contribution in [0, 0.1) is 10.1 Å². The summed E-state index contributed by atoms with van der Waals surface area (Å²) < 4.78 is 1.18. The quantitative estimate of drug-likeness (QED) is 0.549. The summed E-state index contributed by atoms with van der Waals surface area (Å²) in [5, 5.41) is 15.1. The van der Waals surface area contributed by atoms with Gasteiger partial charge >= 0.3 is 11.2 Å². The Hall–Kier alpha value is -2.93. The van der Waals surface area contributed by atoms with Gasteiger partial charge in [0.05, 0.1) is 4.92 Å². The third-order valence-corrected chi connectivity index (χ3v) is 5.05. The molecule has 0 radical (unpaired) electrons. The van der Waals surface area contributed by atoms with E-state index >= 15 is 0 Å². The molecule has 0 bridgehead atoms. The van der Waals surface area contributed by atoms with Gasteiger partial charge in [0.15, 0.2) is 0 Å². The number of hydrogen-bond acceptors (Lipinski definition) is 5. The first kappa shape index (κ1) is 16.5. The van der Waals surface area contributed by atoms with Crippen molar-refractivity contribution in [2.24, 2.45) is 0 Å². The zero-order valence-corrected chi connectivity index (χ0v) is 14.4. The lowest BCUT2D eigenvalue weighted by Gasteiger charge is -2.17. The number of benzene rings is 1. The molecule has 1 N–H and O–H groups in total. The average molecular weight is 371 g/mol. The lowest BCUT2D eigenvalue weighted by Crippen LogP contribution is -2.25. The van der Waals surface area contributed by atoms with Crippen LogP contribution in [0.4, 0.5) is 11.5 Å². The summed E-state index contributed by atoms with van der Waals surface area (Å²) in [4.78, 5) is 27.5. The fourth-order valence-corrected chi connectivity index (χ4v) is 3.27. The molecule has 2 aromatic heterocycles. The molecule has 2 heterocycles. The van der Waals surface area contributed by atoms with Crippen LogP contribution in [-0.4, -0.2) is 20.9 Å². The standard InChI is InChI=1S/C18H15ClN4O3/c19-13-6-4-12(5-7-13)18(8-9-18)11-20-16-15(23(25)26)17(24)22-10-2-1-3-14(22)21-16/h1-7,10,20H,8-9,11H2. The van der Waals surface area contributed by atoms with Gasteiger partial charge in [0.1, 0.15) is 5.65 Å². The molecule has 0 unspecified atom stereocenters. The van der Waals surface area contributed by atoms with Gasteiger partial charge in [-0.05, 0) is 42.7 Å². The number of aromatic nitrogens is 2. The Morgan fingerprint density at radius 3 is 2.62 bits per heavy atom. The maximum atomic E-state index is 12.5. The number of pyridine rings is 1. The maximum absolute atomic E-state index is 12.5. The first-order valence-electron chi connectivity index (χ1n) is 8.16. The van der Waals surface area contributed by atoms with E-state index in [1.54, 1.807) is 18.2 Å². The van der Waals surface area contributed by atoms with Crippen LogP contribution in [0.2, 0.25) is 5.02 Å².